The van der Waals surface area contributed by atoms with Crippen molar-refractivity contribution in [1.82, 2.24) is 0 Å². The molecule has 1 fully saturated rings. The summed E-state index contributed by atoms with van der Waals surface area (Å²) in [6.45, 7) is 0. The summed E-state index contributed by atoms with van der Waals surface area (Å²) in [5.74, 6) is 0. The van der Waals surface area contributed by atoms with Gasteiger partial charge in [-0.1, -0.05) is 25.7 Å². The van der Waals surface area contributed by atoms with Gasteiger partial charge in [-0.25, -0.2) is 0 Å². The molecule has 0 bridgehead atoms. The van der Waals surface area contributed by atoms with Crippen molar-refractivity contribution in [3.63, 3.8) is 0 Å². The molecule has 0 radical (unpaired) electrons. The molecule has 3 N–H and O–H groups in total. The molecule has 2 nitrogen and oxygen atoms in total. The molecule has 0 aliphatic heterocycles. The van der Waals surface area contributed by atoms with Crippen LogP contribution in [-0.4, -0.2) is 17.3 Å². The Kier molecular flexibility index (Phi) is 3.16. The lowest BCUT2D eigenvalue weighted by Crippen LogP contribution is -2.35. The molecule has 2 heteroatoms. The Labute approximate surface area is 62.4 Å². The first-order valence-electron chi connectivity index (χ1n) is 4.24. The third-order valence-corrected chi connectivity index (χ3v) is 2.28. The van der Waals surface area contributed by atoms with Crippen LogP contribution in [0, 0.1) is 0 Å². The van der Waals surface area contributed by atoms with Gasteiger partial charge in [0.2, 0.25) is 0 Å². The monoisotopic (exact) mass is 143 g/mol. The lowest BCUT2D eigenvalue weighted by atomic mass is 9.95. The Hall–Kier alpha value is -0.0800. The number of rotatable bonds is 0. The minimum atomic E-state index is -0.236. The Bertz CT molecular complexity index is 83.3. The molecule has 0 aromatic carbocycles. The minimum Gasteiger partial charge on any atom is -0.392 e. The third kappa shape index (κ3) is 2.27. The van der Waals surface area contributed by atoms with E-state index in [0.717, 1.165) is 19.3 Å². The van der Waals surface area contributed by atoms with E-state index in [1.807, 2.05) is 0 Å². The van der Waals surface area contributed by atoms with Crippen LogP contribution in [0.15, 0.2) is 0 Å². The average molecular weight is 143 g/mol. The number of hydrogen-bond acceptors (Lipinski definition) is 2. The Balaban J connectivity index is 2.28. The summed E-state index contributed by atoms with van der Waals surface area (Å²) in [5, 5.41) is 9.36. The van der Waals surface area contributed by atoms with Crippen molar-refractivity contribution < 1.29 is 5.11 Å². The second-order valence-corrected chi connectivity index (χ2v) is 3.22. The molecular weight excluding hydrogens is 126 g/mol. The molecule has 1 saturated carbocycles. The van der Waals surface area contributed by atoms with Crippen molar-refractivity contribution in [2.75, 3.05) is 0 Å². The highest BCUT2D eigenvalue weighted by atomic mass is 16.3. The van der Waals surface area contributed by atoms with E-state index in [2.05, 4.69) is 0 Å². The molecule has 0 saturated heterocycles. The molecule has 0 heterocycles. The van der Waals surface area contributed by atoms with Gasteiger partial charge in [-0.15, -0.1) is 0 Å². The molecule has 60 valence electrons. The first kappa shape index (κ1) is 8.02. The fourth-order valence-electron chi connectivity index (χ4n) is 1.49. The zero-order valence-electron chi connectivity index (χ0n) is 6.42. The molecule has 0 aromatic rings. The highest BCUT2D eigenvalue weighted by Gasteiger charge is 2.15. The first-order chi connectivity index (χ1) is 4.80. The normalized spacial score (nSPS) is 36.6. The fourth-order valence-corrected chi connectivity index (χ4v) is 1.49. The van der Waals surface area contributed by atoms with Crippen LogP contribution in [0.2, 0.25) is 0 Å². The van der Waals surface area contributed by atoms with Gasteiger partial charge in [0.1, 0.15) is 0 Å². The molecule has 1 aliphatic carbocycles. The van der Waals surface area contributed by atoms with E-state index in [4.69, 9.17) is 5.73 Å². The second kappa shape index (κ2) is 3.94. The molecule has 1 rings (SSSR count). The van der Waals surface area contributed by atoms with Crippen LogP contribution in [0.4, 0.5) is 0 Å². The van der Waals surface area contributed by atoms with E-state index in [0.29, 0.717) is 0 Å². The van der Waals surface area contributed by atoms with Crippen LogP contribution in [0.1, 0.15) is 38.5 Å². The van der Waals surface area contributed by atoms with E-state index in [9.17, 15) is 5.11 Å². The zero-order valence-corrected chi connectivity index (χ0v) is 6.42. The highest BCUT2D eigenvalue weighted by Crippen LogP contribution is 2.15. The molecule has 2 atom stereocenters. The highest BCUT2D eigenvalue weighted by molar-refractivity contribution is 4.73. The zero-order chi connectivity index (χ0) is 7.40. The van der Waals surface area contributed by atoms with Crippen molar-refractivity contribution in [3.8, 4) is 0 Å². The quantitative estimate of drug-likeness (QED) is 0.532. The van der Waals surface area contributed by atoms with Crippen molar-refractivity contribution >= 4 is 0 Å². The smallest absolute Gasteiger partial charge is 0.0691 e. The largest absolute Gasteiger partial charge is 0.392 e. The summed E-state index contributed by atoms with van der Waals surface area (Å²) < 4.78 is 0. The maximum atomic E-state index is 9.36. The SMILES string of the molecule is N[C@@H]1CCCCCC[C@@H]1O. The molecule has 0 amide bonds. The number of nitrogens with two attached hydrogens (primary N) is 1. The van der Waals surface area contributed by atoms with E-state index in [1.165, 1.54) is 19.3 Å². The van der Waals surface area contributed by atoms with Gasteiger partial charge in [0, 0.05) is 6.04 Å². The average Bonchev–Trinajstić information content (AvgIpc) is 1.92. The van der Waals surface area contributed by atoms with Crippen LogP contribution in [-0.2, 0) is 0 Å². The van der Waals surface area contributed by atoms with Crippen molar-refractivity contribution in [1.29, 1.82) is 0 Å². The van der Waals surface area contributed by atoms with Gasteiger partial charge in [0.15, 0.2) is 0 Å². The fraction of sp³-hybridized carbons (Fsp3) is 1.00. The van der Waals surface area contributed by atoms with Gasteiger partial charge in [0.05, 0.1) is 6.10 Å². The van der Waals surface area contributed by atoms with Crippen molar-refractivity contribution in [2.24, 2.45) is 5.73 Å². The van der Waals surface area contributed by atoms with E-state index < -0.39 is 0 Å². The van der Waals surface area contributed by atoms with Crippen molar-refractivity contribution in [3.05, 3.63) is 0 Å². The summed E-state index contributed by atoms with van der Waals surface area (Å²) in [4.78, 5) is 0. The molecule has 10 heavy (non-hydrogen) atoms. The van der Waals surface area contributed by atoms with E-state index in [1.54, 1.807) is 0 Å². The van der Waals surface area contributed by atoms with Crippen LogP contribution in [0.5, 0.6) is 0 Å². The predicted octanol–water partition coefficient (Wildman–Crippen LogP) is 1.03. The summed E-state index contributed by atoms with van der Waals surface area (Å²) >= 11 is 0. The lowest BCUT2D eigenvalue weighted by Gasteiger charge is -2.21. The molecular formula is C8H17NO. The number of aliphatic hydroxyl groups is 1. The maximum Gasteiger partial charge on any atom is 0.0691 e. The molecule has 1 aliphatic rings. The summed E-state index contributed by atoms with van der Waals surface area (Å²) in [6.07, 6.45) is 6.57. The first-order valence-corrected chi connectivity index (χ1v) is 4.24. The number of hydrogen-bond donors (Lipinski definition) is 2. The van der Waals surface area contributed by atoms with Gasteiger partial charge < -0.3 is 10.8 Å². The van der Waals surface area contributed by atoms with Crippen LogP contribution in [0.3, 0.4) is 0 Å². The van der Waals surface area contributed by atoms with Crippen LogP contribution < -0.4 is 5.73 Å². The summed E-state index contributed by atoms with van der Waals surface area (Å²) in [6, 6.07) is 0.0419. The lowest BCUT2D eigenvalue weighted by molar-refractivity contribution is 0.121. The van der Waals surface area contributed by atoms with Gasteiger partial charge in [-0.3, -0.25) is 0 Å². The minimum absolute atomic E-state index is 0.0419. The summed E-state index contributed by atoms with van der Waals surface area (Å²) in [7, 11) is 0. The van der Waals surface area contributed by atoms with Gasteiger partial charge in [-0.05, 0) is 12.8 Å². The summed E-state index contributed by atoms with van der Waals surface area (Å²) in [5.41, 5.74) is 5.70. The molecule has 0 spiro atoms. The van der Waals surface area contributed by atoms with Gasteiger partial charge in [0.25, 0.3) is 0 Å². The molecule has 0 unspecified atom stereocenters. The maximum absolute atomic E-state index is 9.36. The number of aliphatic hydroxyl groups excluding tert-OH is 1. The van der Waals surface area contributed by atoms with Crippen molar-refractivity contribution in [2.45, 2.75) is 50.7 Å². The molecule has 0 aromatic heterocycles. The van der Waals surface area contributed by atoms with Crippen LogP contribution in [0.25, 0.3) is 0 Å². The van der Waals surface area contributed by atoms with Crippen LogP contribution >= 0.6 is 0 Å². The third-order valence-electron chi connectivity index (χ3n) is 2.28. The van der Waals surface area contributed by atoms with E-state index in [-0.39, 0.29) is 12.1 Å². The Morgan fingerprint density at radius 3 is 2.30 bits per heavy atom. The van der Waals surface area contributed by atoms with Gasteiger partial charge in [-0.2, -0.15) is 0 Å². The topological polar surface area (TPSA) is 46.2 Å². The Morgan fingerprint density at radius 2 is 1.60 bits per heavy atom. The van der Waals surface area contributed by atoms with Gasteiger partial charge >= 0.3 is 0 Å². The Morgan fingerprint density at radius 1 is 1.00 bits per heavy atom. The second-order valence-electron chi connectivity index (χ2n) is 3.22. The standard InChI is InChI=1S/C8H17NO/c9-7-5-3-1-2-4-6-8(7)10/h7-8,10H,1-6,9H2/t7-,8+/m1/s1. The van der Waals surface area contributed by atoms with E-state index >= 15 is 0 Å². The predicted molar refractivity (Wildman–Crippen MR) is 41.7 cm³/mol.